The first kappa shape index (κ1) is 15.7. The second-order valence-electron chi connectivity index (χ2n) is 5.21. The number of amides is 1. The number of hydrogen-bond acceptors (Lipinski definition) is 6. The Balaban J connectivity index is 1.59. The van der Waals surface area contributed by atoms with E-state index < -0.39 is 5.91 Å². The van der Waals surface area contributed by atoms with Crippen molar-refractivity contribution in [2.75, 3.05) is 5.32 Å². The Kier molecular flexibility index (Phi) is 3.90. The lowest BCUT2D eigenvalue weighted by molar-refractivity contribution is 0.101. The van der Waals surface area contributed by atoms with Gasteiger partial charge in [0, 0.05) is 27.9 Å². The van der Waals surface area contributed by atoms with Crippen molar-refractivity contribution in [2.24, 2.45) is 0 Å². The molecule has 0 unspecified atom stereocenters. The number of rotatable bonds is 3. The fourth-order valence-electron chi connectivity index (χ4n) is 2.28. The van der Waals surface area contributed by atoms with Crippen molar-refractivity contribution in [1.82, 2.24) is 24.6 Å². The van der Waals surface area contributed by atoms with Crippen LogP contribution in [0.1, 0.15) is 16.3 Å². The predicted octanol–water partition coefficient (Wildman–Crippen LogP) is 3.46. The number of thiazole rings is 1. The van der Waals surface area contributed by atoms with Gasteiger partial charge in [0.2, 0.25) is 5.82 Å². The first-order valence-electron chi connectivity index (χ1n) is 7.32. The van der Waals surface area contributed by atoms with Crippen LogP contribution in [0.5, 0.6) is 0 Å². The number of benzene rings is 1. The molecular formula is C16H11ClN6OS. The Hall–Kier alpha value is -2.84. The van der Waals surface area contributed by atoms with E-state index in [-0.39, 0.29) is 5.82 Å². The summed E-state index contributed by atoms with van der Waals surface area (Å²) in [5, 5.41) is 9.77. The number of nitrogens with zero attached hydrogens (tertiary/aromatic N) is 5. The van der Waals surface area contributed by atoms with E-state index in [4.69, 9.17) is 11.6 Å². The molecule has 0 saturated heterocycles. The largest absolute Gasteiger partial charge is 0.297 e. The highest BCUT2D eigenvalue weighted by molar-refractivity contribution is 7.14. The van der Waals surface area contributed by atoms with E-state index >= 15 is 0 Å². The maximum Gasteiger partial charge on any atom is 0.297 e. The number of carbonyl (C=O) groups is 1. The van der Waals surface area contributed by atoms with Crippen molar-refractivity contribution in [3.63, 3.8) is 0 Å². The molecular weight excluding hydrogens is 360 g/mol. The standard InChI is InChI=1S/C16H11ClN6OS/c1-9-6-7-18-15-20-13(22-23(9)15)14(24)21-16-19-12(8-25-16)10-4-2-3-5-11(10)17/h2-8H,1H3,(H,19,21,24). The topological polar surface area (TPSA) is 85.1 Å². The summed E-state index contributed by atoms with van der Waals surface area (Å²) in [6, 6.07) is 9.20. The summed E-state index contributed by atoms with van der Waals surface area (Å²) >= 11 is 7.48. The minimum absolute atomic E-state index is 0.0382. The van der Waals surface area contributed by atoms with Crippen LogP contribution in [-0.4, -0.2) is 30.5 Å². The van der Waals surface area contributed by atoms with E-state index in [0.29, 0.717) is 21.6 Å². The molecule has 0 radical (unpaired) electrons. The molecule has 124 valence electrons. The molecule has 0 saturated carbocycles. The molecule has 0 atom stereocenters. The highest BCUT2D eigenvalue weighted by Crippen LogP contribution is 2.30. The lowest BCUT2D eigenvalue weighted by Crippen LogP contribution is -2.13. The highest BCUT2D eigenvalue weighted by atomic mass is 35.5. The van der Waals surface area contributed by atoms with Crippen molar-refractivity contribution in [2.45, 2.75) is 6.92 Å². The van der Waals surface area contributed by atoms with Crippen molar-refractivity contribution in [3.8, 4) is 11.3 Å². The molecule has 0 spiro atoms. The Morgan fingerprint density at radius 2 is 2.08 bits per heavy atom. The molecule has 4 aromatic rings. The van der Waals surface area contributed by atoms with Gasteiger partial charge in [0.1, 0.15) is 0 Å². The van der Waals surface area contributed by atoms with Crippen LogP contribution in [0, 0.1) is 6.92 Å². The van der Waals surface area contributed by atoms with Crippen LogP contribution in [-0.2, 0) is 0 Å². The normalized spacial score (nSPS) is 11.0. The molecule has 0 fully saturated rings. The summed E-state index contributed by atoms with van der Waals surface area (Å²) < 4.78 is 1.52. The maximum atomic E-state index is 12.4. The van der Waals surface area contributed by atoms with E-state index in [1.807, 2.05) is 30.5 Å². The number of aryl methyl sites for hydroxylation is 1. The molecule has 0 aliphatic rings. The molecule has 0 bridgehead atoms. The Morgan fingerprint density at radius 1 is 1.24 bits per heavy atom. The fourth-order valence-corrected chi connectivity index (χ4v) is 3.22. The third kappa shape index (κ3) is 2.97. The molecule has 4 rings (SSSR count). The average Bonchev–Trinajstić information content (AvgIpc) is 3.23. The van der Waals surface area contributed by atoms with Crippen molar-refractivity contribution in [3.05, 3.63) is 58.4 Å². The van der Waals surface area contributed by atoms with E-state index in [2.05, 4.69) is 25.4 Å². The van der Waals surface area contributed by atoms with Crippen LogP contribution in [0.25, 0.3) is 17.0 Å². The molecule has 3 aromatic heterocycles. The first-order valence-corrected chi connectivity index (χ1v) is 8.58. The summed E-state index contributed by atoms with van der Waals surface area (Å²) in [5.41, 5.74) is 2.35. The van der Waals surface area contributed by atoms with Crippen molar-refractivity contribution >= 4 is 39.8 Å². The summed E-state index contributed by atoms with van der Waals surface area (Å²) in [7, 11) is 0. The molecule has 0 aliphatic carbocycles. The molecule has 0 aliphatic heterocycles. The zero-order chi connectivity index (χ0) is 17.4. The third-order valence-corrected chi connectivity index (χ3v) is 4.59. The minimum atomic E-state index is -0.440. The predicted molar refractivity (Wildman–Crippen MR) is 96.0 cm³/mol. The maximum absolute atomic E-state index is 12.4. The van der Waals surface area contributed by atoms with Gasteiger partial charge in [-0.2, -0.15) is 4.98 Å². The Morgan fingerprint density at radius 3 is 2.88 bits per heavy atom. The van der Waals surface area contributed by atoms with Crippen LogP contribution in [0.15, 0.2) is 41.9 Å². The summed E-state index contributed by atoms with van der Waals surface area (Å²) in [6.07, 6.45) is 1.62. The third-order valence-electron chi connectivity index (χ3n) is 3.51. The van der Waals surface area contributed by atoms with E-state index in [1.165, 1.54) is 15.9 Å². The SMILES string of the molecule is Cc1ccnc2nc(C(=O)Nc3nc(-c4ccccc4Cl)cs3)nn12. The minimum Gasteiger partial charge on any atom is -0.295 e. The molecule has 1 aromatic carbocycles. The van der Waals surface area contributed by atoms with Crippen molar-refractivity contribution in [1.29, 1.82) is 0 Å². The van der Waals surface area contributed by atoms with E-state index in [1.54, 1.807) is 18.3 Å². The van der Waals surface area contributed by atoms with Gasteiger partial charge < -0.3 is 0 Å². The number of carbonyl (C=O) groups excluding carboxylic acids is 1. The summed E-state index contributed by atoms with van der Waals surface area (Å²) in [6.45, 7) is 1.86. The van der Waals surface area contributed by atoms with Crippen LogP contribution < -0.4 is 5.32 Å². The number of halogens is 1. The lowest BCUT2D eigenvalue weighted by Gasteiger charge is -1.99. The van der Waals surface area contributed by atoms with Gasteiger partial charge in [-0.1, -0.05) is 29.8 Å². The number of hydrogen-bond donors (Lipinski definition) is 1. The van der Waals surface area contributed by atoms with Crippen LogP contribution in [0.2, 0.25) is 5.02 Å². The second kappa shape index (κ2) is 6.23. The molecule has 3 heterocycles. The van der Waals surface area contributed by atoms with Gasteiger partial charge >= 0.3 is 0 Å². The molecule has 1 N–H and O–H groups in total. The quantitative estimate of drug-likeness (QED) is 0.597. The van der Waals surface area contributed by atoms with Crippen LogP contribution >= 0.6 is 22.9 Å². The zero-order valence-electron chi connectivity index (χ0n) is 13.0. The molecule has 9 heteroatoms. The van der Waals surface area contributed by atoms with E-state index in [9.17, 15) is 4.79 Å². The molecule has 7 nitrogen and oxygen atoms in total. The number of anilines is 1. The summed E-state index contributed by atoms with van der Waals surface area (Å²) in [4.78, 5) is 25.0. The fraction of sp³-hybridized carbons (Fsp3) is 0.0625. The zero-order valence-corrected chi connectivity index (χ0v) is 14.5. The van der Waals surface area contributed by atoms with Crippen LogP contribution in [0.3, 0.4) is 0 Å². The average molecular weight is 371 g/mol. The highest BCUT2D eigenvalue weighted by Gasteiger charge is 2.16. The Labute approximate surface area is 151 Å². The second-order valence-corrected chi connectivity index (χ2v) is 6.47. The van der Waals surface area contributed by atoms with E-state index in [0.717, 1.165) is 11.3 Å². The monoisotopic (exact) mass is 370 g/mol. The number of nitrogens with one attached hydrogen (secondary N) is 1. The van der Waals surface area contributed by atoms with Gasteiger partial charge in [-0.3, -0.25) is 10.1 Å². The Bertz CT molecular complexity index is 1090. The number of fused-ring (bicyclic) bond motifs is 1. The van der Waals surface area contributed by atoms with Gasteiger partial charge in [0.05, 0.1) is 5.69 Å². The summed E-state index contributed by atoms with van der Waals surface area (Å²) in [5.74, 6) is -0.0257. The first-order chi connectivity index (χ1) is 12.1. The smallest absolute Gasteiger partial charge is 0.295 e. The van der Waals surface area contributed by atoms with Gasteiger partial charge in [-0.15, -0.1) is 16.4 Å². The van der Waals surface area contributed by atoms with Gasteiger partial charge in [-0.05, 0) is 19.1 Å². The molecule has 1 amide bonds. The molecule has 25 heavy (non-hydrogen) atoms. The lowest BCUT2D eigenvalue weighted by atomic mass is 10.2. The van der Waals surface area contributed by atoms with Gasteiger partial charge in [-0.25, -0.2) is 14.5 Å². The van der Waals surface area contributed by atoms with Crippen LogP contribution in [0.4, 0.5) is 5.13 Å². The van der Waals surface area contributed by atoms with Gasteiger partial charge in [0.25, 0.3) is 11.7 Å². The number of aromatic nitrogens is 5. The van der Waals surface area contributed by atoms with Gasteiger partial charge in [0.15, 0.2) is 5.13 Å². The van der Waals surface area contributed by atoms with Crippen molar-refractivity contribution < 1.29 is 4.79 Å².